The maximum Gasteiger partial charge on any atom is 0.364 e. The Morgan fingerprint density at radius 1 is 1.43 bits per heavy atom. The summed E-state index contributed by atoms with van der Waals surface area (Å²) in [7, 11) is 0. The fraction of sp³-hybridized carbons (Fsp3) is 0.200. The van der Waals surface area contributed by atoms with Crippen molar-refractivity contribution >= 4 is 12.0 Å². The van der Waals surface area contributed by atoms with Gasteiger partial charge in [0.25, 0.3) is 0 Å². The number of hydrogen-bond donors (Lipinski definition) is 1. The molecule has 1 aromatic rings. The van der Waals surface area contributed by atoms with Crippen molar-refractivity contribution in [3.8, 4) is 0 Å². The van der Waals surface area contributed by atoms with Crippen LogP contribution >= 0.6 is 0 Å². The quantitative estimate of drug-likeness (QED) is 0.735. The summed E-state index contributed by atoms with van der Waals surface area (Å²) in [4.78, 5) is 14.3. The van der Waals surface area contributed by atoms with Gasteiger partial charge in [0.05, 0.1) is 0 Å². The molecule has 0 bridgehead atoms. The van der Waals surface area contributed by atoms with Crippen LogP contribution in [0.4, 0.5) is 4.39 Å². The summed E-state index contributed by atoms with van der Waals surface area (Å²) in [6, 6.07) is 3.24. The highest BCUT2D eigenvalue weighted by molar-refractivity contribution is 5.89. The fourth-order valence-corrected chi connectivity index (χ4v) is 1.16. The van der Waals surface area contributed by atoms with Crippen molar-refractivity contribution in [2.24, 2.45) is 0 Å². The molecule has 0 saturated carbocycles. The van der Waals surface area contributed by atoms with E-state index in [0.717, 1.165) is 17.5 Å². The third-order valence-electron chi connectivity index (χ3n) is 1.60. The van der Waals surface area contributed by atoms with Crippen LogP contribution in [0.2, 0.25) is 0 Å². The fourth-order valence-electron chi connectivity index (χ4n) is 1.16. The molecule has 1 rings (SSSR count). The van der Waals surface area contributed by atoms with Crippen LogP contribution in [0.25, 0.3) is 6.08 Å². The maximum absolute atomic E-state index is 12.7. The van der Waals surface area contributed by atoms with Gasteiger partial charge in [-0.05, 0) is 37.6 Å². The minimum Gasteiger partial charge on any atom is -0.476 e. The smallest absolute Gasteiger partial charge is 0.364 e. The van der Waals surface area contributed by atoms with Gasteiger partial charge in [-0.15, -0.1) is 0 Å². The standard InChI is InChI=1S/C10H10FNO2/c1-6-3-8(4-7(2)12-6)5-9(11)10(13)14/h3-5H,1-2H3,(H,13,14)/b9-5-. The third kappa shape index (κ3) is 2.65. The molecule has 0 aliphatic heterocycles. The number of rotatable bonds is 2. The molecule has 0 amide bonds. The lowest BCUT2D eigenvalue weighted by Crippen LogP contribution is -1.95. The van der Waals surface area contributed by atoms with Crippen LogP contribution in [0.15, 0.2) is 18.0 Å². The first-order chi connectivity index (χ1) is 6.49. The monoisotopic (exact) mass is 195 g/mol. The van der Waals surface area contributed by atoms with Gasteiger partial charge in [0.1, 0.15) is 0 Å². The predicted octanol–water partition coefficient (Wildman–Crippen LogP) is 2.09. The summed E-state index contributed by atoms with van der Waals surface area (Å²) in [5.74, 6) is -2.73. The topological polar surface area (TPSA) is 50.2 Å². The molecule has 0 radical (unpaired) electrons. The summed E-state index contributed by atoms with van der Waals surface area (Å²) in [6.45, 7) is 3.53. The molecule has 0 fully saturated rings. The average molecular weight is 195 g/mol. The van der Waals surface area contributed by atoms with E-state index in [9.17, 15) is 9.18 Å². The number of halogens is 1. The summed E-state index contributed by atoms with van der Waals surface area (Å²) >= 11 is 0. The summed E-state index contributed by atoms with van der Waals surface area (Å²) in [5, 5.41) is 8.32. The Morgan fingerprint density at radius 2 is 1.93 bits per heavy atom. The average Bonchev–Trinajstić information content (AvgIpc) is 2.01. The molecule has 4 heteroatoms. The van der Waals surface area contributed by atoms with Crippen molar-refractivity contribution in [2.75, 3.05) is 0 Å². The van der Waals surface area contributed by atoms with E-state index in [0.29, 0.717) is 5.56 Å². The predicted molar refractivity (Wildman–Crippen MR) is 50.4 cm³/mol. The lowest BCUT2D eigenvalue weighted by molar-refractivity contribution is -0.134. The van der Waals surface area contributed by atoms with Gasteiger partial charge in [0.15, 0.2) is 0 Å². The lowest BCUT2D eigenvalue weighted by Gasteiger charge is -1.98. The zero-order chi connectivity index (χ0) is 10.7. The largest absolute Gasteiger partial charge is 0.476 e. The molecule has 1 aromatic heterocycles. The van der Waals surface area contributed by atoms with Crippen LogP contribution in [-0.2, 0) is 4.79 Å². The summed E-state index contributed by atoms with van der Waals surface area (Å²) in [6.07, 6.45) is 0.976. The summed E-state index contributed by atoms with van der Waals surface area (Å²) in [5.41, 5.74) is 1.97. The number of hydrogen-bond acceptors (Lipinski definition) is 2. The molecule has 0 unspecified atom stereocenters. The second-order valence-corrected chi connectivity index (χ2v) is 2.98. The van der Waals surface area contributed by atoms with E-state index < -0.39 is 11.8 Å². The van der Waals surface area contributed by atoms with E-state index in [1.165, 1.54) is 0 Å². The number of pyridine rings is 1. The van der Waals surface area contributed by atoms with E-state index in [4.69, 9.17) is 5.11 Å². The molecular formula is C10H10FNO2. The number of carboxylic acid groups (broad SMARTS) is 1. The number of aliphatic carboxylic acids is 1. The Hall–Kier alpha value is -1.71. The van der Waals surface area contributed by atoms with Crippen molar-refractivity contribution < 1.29 is 14.3 Å². The second kappa shape index (κ2) is 4.00. The molecule has 0 saturated heterocycles. The molecule has 0 atom stereocenters. The van der Waals surface area contributed by atoms with Crippen molar-refractivity contribution in [1.82, 2.24) is 4.98 Å². The van der Waals surface area contributed by atoms with E-state index in [2.05, 4.69) is 4.98 Å². The van der Waals surface area contributed by atoms with Crippen LogP contribution < -0.4 is 0 Å². The zero-order valence-corrected chi connectivity index (χ0v) is 7.91. The molecule has 1 heterocycles. The first-order valence-electron chi connectivity index (χ1n) is 4.05. The number of carbonyl (C=O) groups is 1. The van der Waals surface area contributed by atoms with Crippen LogP contribution in [0.3, 0.4) is 0 Å². The van der Waals surface area contributed by atoms with Gasteiger partial charge in [0.2, 0.25) is 5.83 Å². The van der Waals surface area contributed by atoms with Crippen LogP contribution in [-0.4, -0.2) is 16.1 Å². The van der Waals surface area contributed by atoms with Crippen molar-refractivity contribution in [3.05, 3.63) is 34.9 Å². The van der Waals surface area contributed by atoms with Crippen molar-refractivity contribution in [3.63, 3.8) is 0 Å². The van der Waals surface area contributed by atoms with Gasteiger partial charge in [-0.25, -0.2) is 4.79 Å². The molecule has 3 nitrogen and oxygen atoms in total. The van der Waals surface area contributed by atoms with E-state index >= 15 is 0 Å². The SMILES string of the molecule is Cc1cc(/C=C(\F)C(=O)O)cc(C)n1. The van der Waals surface area contributed by atoms with Gasteiger partial charge in [0, 0.05) is 11.4 Å². The van der Waals surface area contributed by atoms with Crippen LogP contribution in [0.1, 0.15) is 17.0 Å². The molecular weight excluding hydrogens is 185 g/mol. The molecule has 0 aromatic carbocycles. The second-order valence-electron chi connectivity index (χ2n) is 2.98. The number of aromatic nitrogens is 1. The highest BCUT2D eigenvalue weighted by Gasteiger charge is 2.05. The Morgan fingerprint density at radius 3 is 2.36 bits per heavy atom. The van der Waals surface area contributed by atoms with Crippen molar-refractivity contribution in [2.45, 2.75) is 13.8 Å². The maximum atomic E-state index is 12.7. The van der Waals surface area contributed by atoms with Gasteiger partial charge < -0.3 is 5.11 Å². The first-order valence-corrected chi connectivity index (χ1v) is 4.05. The Labute approximate surface area is 80.9 Å². The van der Waals surface area contributed by atoms with Gasteiger partial charge in [-0.1, -0.05) is 0 Å². The third-order valence-corrected chi connectivity index (χ3v) is 1.60. The summed E-state index contributed by atoms with van der Waals surface area (Å²) < 4.78 is 12.7. The molecule has 1 N–H and O–H groups in total. The highest BCUT2D eigenvalue weighted by Crippen LogP contribution is 2.10. The number of carboxylic acids is 1. The number of aryl methyl sites for hydroxylation is 2. The Kier molecular flexibility index (Phi) is 2.96. The highest BCUT2D eigenvalue weighted by atomic mass is 19.1. The first kappa shape index (κ1) is 10.4. The Balaban J connectivity index is 3.08. The molecule has 0 spiro atoms. The normalized spacial score (nSPS) is 11.5. The van der Waals surface area contributed by atoms with Crippen LogP contribution in [0, 0.1) is 13.8 Å². The van der Waals surface area contributed by atoms with E-state index in [1.807, 2.05) is 0 Å². The van der Waals surface area contributed by atoms with Crippen molar-refractivity contribution in [1.29, 1.82) is 0 Å². The molecule has 74 valence electrons. The Bertz CT molecular complexity index is 379. The molecule has 0 aliphatic rings. The van der Waals surface area contributed by atoms with Gasteiger partial charge >= 0.3 is 5.97 Å². The zero-order valence-electron chi connectivity index (χ0n) is 7.91. The van der Waals surface area contributed by atoms with E-state index in [-0.39, 0.29) is 0 Å². The minimum absolute atomic E-state index is 0.509. The molecule has 14 heavy (non-hydrogen) atoms. The minimum atomic E-state index is -1.56. The van der Waals surface area contributed by atoms with Gasteiger partial charge in [-0.3, -0.25) is 4.98 Å². The van der Waals surface area contributed by atoms with Gasteiger partial charge in [-0.2, -0.15) is 4.39 Å². The van der Waals surface area contributed by atoms with E-state index in [1.54, 1.807) is 26.0 Å². The lowest BCUT2D eigenvalue weighted by atomic mass is 10.2. The molecule has 0 aliphatic carbocycles. The number of nitrogens with zero attached hydrogens (tertiary/aromatic N) is 1. The van der Waals surface area contributed by atoms with Crippen LogP contribution in [0.5, 0.6) is 0 Å².